The molecule has 102 valence electrons. The van der Waals surface area contributed by atoms with Crippen LogP contribution in [0.4, 0.5) is 5.95 Å². The molecule has 9 heteroatoms. The fourth-order valence-corrected chi connectivity index (χ4v) is 1.87. The zero-order chi connectivity index (χ0) is 14.2. The number of nitrogens with two attached hydrogens (primary N) is 1. The fourth-order valence-electron chi connectivity index (χ4n) is 1.87. The van der Waals surface area contributed by atoms with Crippen molar-refractivity contribution in [3.05, 3.63) is 16.8 Å². The standard InChI is InChI=1S/C10H12N4O5/c1-2-10(18)6(16)5(3-15)19-7(10)14-4-12-8(11)13-9(14)17/h1,4-7,15-16,18H,3H2,(H2,11,13,17)/t5-,6+,7-,10?/m1/s1. The molecule has 0 amide bonds. The number of anilines is 1. The Hall–Kier alpha value is -1.99. The molecule has 1 unspecified atom stereocenters. The van der Waals surface area contributed by atoms with Crippen molar-refractivity contribution in [1.82, 2.24) is 14.5 Å². The lowest BCUT2D eigenvalue weighted by molar-refractivity contribution is -0.0769. The highest BCUT2D eigenvalue weighted by atomic mass is 16.6. The smallest absolute Gasteiger partial charge is 0.354 e. The van der Waals surface area contributed by atoms with Crippen molar-refractivity contribution in [2.45, 2.75) is 24.0 Å². The lowest BCUT2D eigenvalue weighted by Crippen LogP contribution is -2.47. The Labute approximate surface area is 107 Å². The van der Waals surface area contributed by atoms with Crippen molar-refractivity contribution < 1.29 is 20.1 Å². The Morgan fingerprint density at radius 3 is 2.89 bits per heavy atom. The molecule has 1 saturated heterocycles. The number of rotatable bonds is 2. The van der Waals surface area contributed by atoms with E-state index in [0.29, 0.717) is 0 Å². The Morgan fingerprint density at radius 2 is 2.37 bits per heavy atom. The molecular formula is C10H12N4O5. The van der Waals surface area contributed by atoms with Crippen molar-refractivity contribution in [2.24, 2.45) is 0 Å². The summed E-state index contributed by atoms with van der Waals surface area (Å²) in [5.41, 5.74) is 2.20. The van der Waals surface area contributed by atoms with Crippen molar-refractivity contribution in [3.8, 4) is 12.3 Å². The molecule has 0 spiro atoms. The number of nitrogen functional groups attached to an aromatic ring is 1. The Balaban J connectivity index is 2.49. The molecule has 1 fully saturated rings. The molecule has 1 aromatic heterocycles. The minimum Gasteiger partial charge on any atom is -0.394 e. The van der Waals surface area contributed by atoms with Gasteiger partial charge in [0.15, 0.2) is 11.8 Å². The second kappa shape index (κ2) is 4.60. The summed E-state index contributed by atoms with van der Waals surface area (Å²) in [4.78, 5) is 18.6. The topological polar surface area (TPSA) is 144 Å². The molecular weight excluding hydrogens is 256 g/mol. The third-order valence-electron chi connectivity index (χ3n) is 2.89. The summed E-state index contributed by atoms with van der Waals surface area (Å²) >= 11 is 0. The quantitative estimate of drug-likeness (QED) is 0.411. The van der Waals surface area contributed by atoms with Crippen LogP contribution < -0.4 is 11.4 Å². The van der Waals surface area contributed by atoms with Crippen molar-refractivity contribution in [2.75, 3.05) is 12.3 Å². The maximum Gasteiger partial charge on any atom is 0.354 e. The summed E-state index contributed by atoms with van der Waals surface area (Å²) in [6.07, 6.45) is 2.06. The predicted octanol–water partition coefficient (Wildman–Crippen LogP) is -3.16. The van der Waals surface area contributed by atoms with Crippen LogP contribution in [-0.4, -0.2) is 54.3 Å². The normalized spacial score (nSPS) is 34.1. The summed E-state index contributed by atoms with van der Waals surface area (Å²) in [6.45, 7) is -0.577. The number of aromatic nitrogens is 3. The molecule has 4 atom stereocenters. The summed E-state index contributed by atoms with van der Waals surface area (Å²) in [5.74, 6) is 1.72. The molecule has 19 heavy (non-hydrogen) atoms. The van der Waals surface area contributed by atoms with Crippen LogP contribution in [-0.2, 0) is 4.74 Å². The fraction of sp³-hybridized carbons (Fsp3) is 0.500. The van der Waals surface area contributed by atoms with Gasteiger partial charge in [0.2, 0.25) is 5.95 Å². The van der Waals surface area contributed by atoms with E-state index in [0.717, 1.165) is 10.9 Å². The monoisotopic (exact) mass is 268 g/mol. The van der Waals surface area contributed by atoms with Gasteiger partial charge in [-0.1, -0.05) is 5.92 Å². The SMILES string of the molecule is C#CC1(O)[C@@H](O)[C@@H](CO)O[C@H]1n1cnc(N)nc1=O. The predicted molar refractivity (Wildman–Crippen MR) is 61.5 cm³/mol. The first-order chi connectivity index (χ1) is 8.93. The number of hydrogen-bond donors (Lipinski definition) is 4. The molecule has 1 aliphatic rings. The van der Waals surface area contributed by atoms with E-state index in [1.807, 2.05) is 5.92 Å². The maximum atomic E-state index is 11.7. The minimum absolute atomic E-state index is 0.247. The van der Waals surface area contributed by atoms with Crippen LogP contribution >= 0.6 is 0 Å². The molecule has 0 aromatic carbocycles. The number of hydrogen-bond acceptors (Lipinski definition) is 8. The Morgan fingerprint density at radius 1 is 1.68 bits per heavy atom. The number of nitrogens with zero attached hydrogens (tertiary/aromatic N) is 3. The Bertz CT molecular complexity index is 582. The van der Waals surface area contributed by atoms with E-state index < -0.39 is 36.3 Å². The molecule has 0 bridgehead atoms. The van der Waals surface area contributed by atoms with Crippen LogP contribution in [0.5, 0.6) is 0 Å². The van der Waals surface area contributed by atoms with E-state index in [1.54, 1.807) is 0 Å². The summed E-state index contributed by atoms with van der Waals surface area (Å²) in [5, 5.41) is 29.1. The molecule has 0 radical (unpaired) electrons. The van der Waals surface area contributed by atoms with Crippen LogP contribution in [0.25, 0.3) is 0 Å². The van der Waals surface area contributed by atoms with Gasteiger partial charge in [-0.3, -0.25) is 4.57 Å². The molecule has 1 aliphatic heterocycles. The van der Waals surface area contributed by atoms with Gasteiger partial charge in [-0.15, -0.1) is 6.42 Å². The average Bonchev–Trinajstić information content (AvgIpc) is 2.63. The largest absolute Gasteiger partial charge is 0.394 e. The van der Waals surface area contributed by atoms with Crippen LogP contribution in [0.2, 0.25) is 0 Å². The van der Waals surface area contributed by atoms with E-state index in [1.165, 1.54) is 0 Å². The van der Waals surface area contributed by atoms with E-state index in [9.17, 15) is 15.0 Å². The zero-order valence-corrected chi connectivity index (χ0v) is 9.67. The maximum absolute atomic E-state index is 11.7. The molecule has 0 saturated carbocycles. The third kappa shape index (κ3) is 1.96. The number of ether oxygens (including phenoxy) is 1. The third-order valence-corrected chi connectivity index (χ3v) is 2.89. The van der Waals surface area contributed by atoms with E-state index >= 15 is 0 Å². The molecule has 2 heterocycles. The number of terminal acetylenes is 1. The summed E-state index contributed by atoms with van der Waals surface area (Å²) < 4.78 is 5.99. The highest BCUT2D eigenvalue weighted by Gasteiger charge is 2.55. The van der Waals surface area contributed by atoms with E-state index in [-0.39, 0.29) is 5.95 Å². The first-order valence-corrected chi connectivity index (χ1v) is 5.29. The van der Waals surface area contributed by atoms with Gasteiger partial charge in [0.05, 0.1) is 6.61 Å². The van der Waals surface area contributed by atoms with Gasteiger partial charge in [0.1, 0.15) is 18.5 Å². The summed E-state index contributed by atoms with van der Waals surface area (Å²) in [6, 6.07) is 0. The van der Waals surface area contributed by atoms with Crippen molar-refractivity contribution in [3.63, 3.8) is 0 Å². The number of aliphatic hydroxyl groups is 3. The van der Waals surface area contributed by atoms with Gasteiger partial charge in [0.25, 0.3) is 0 Å². The van der Waals surface area contributed by atoms with Crippen molar-refractivity contribution >= 4 is 5.95 Å². The minimum atomic E-state index is -2.18. The van der Waals surface area contributed by atoms with E-state index in [4.69, 9.17) is 22.0 Å². The lowest BCUT2D eigenvalue weighted by Gasteiger charge is -2.25. The average molecular weight is 268 g/mol. The van der Waals surface area contributed by atoms with Crippen molar-refractivity contribution in [1.29, 1.82) is 0 Å². The Kier molecular flexibility index (Phi) is 3.25. The lowest BCUT2D eigenvalue weighted by atomic mass is 9.95. The van der Waals surface area contributed by atoms with Gasteiger partial charge in [0, 0.05) is 0 Å². The number of aliphatic hydroxyl groups excluding tert-OH is 2. The second-order valence-electron chi connectivity index (χ2n) is 4.03. The first-order valence-electron chi connectivity index (χ1n) is 5.29. The zero-order valence-electron chi connectivity index (χ0n) is 9.67. The van der Waals surface area contributed by atoms with Gasteiger partial charge in [-0.2, -0.15) is 4.98 Å². The van der Waals surface area contributed by atoms with Crippen LogP contribution in [0.15, 0.2) is 11.1 Å². The molecule has 0 aliphatic carbocycles. The molecule has 2 rings (SSSR count). The summed E-state index contributed by atoms with van der Waals surface area (Å²) in [7, 11) is 0. The first kappa shape index (κ1) is 13.4. The molecule has 5 N–H and O–H groups in total. The van der Waals surface area contributed by atoms with Crippen LogP contribution in [0.1, 0.15) is 6.23 Å². The molecule has 9 nitrogen and oxygen atoms in total. The van der Waals surface area contributed by atoms with Gasteiger partial charge in [-0.05, 0) is 0 Å². The van der Waals surface area contributed by atoms with Gasteiger partial charge < -0.3 is 25.8 Å². The van der Waals surface area contributed by atoms with Crippen LogP contribution in [0, 0.1) is 12.3 Å². The highest BCUT2D eigenvalue weighted by molar-refractivity contribution is 5.19. The second-order valence-corrected chi connectivity index (χ2v) is 4.03. The van der Waals surface area contributed by atoms with Gasteiger partial charge in [-0.25, -0.2) is 9.78 Å². The molecule has 1 aromatic rings. The highest BCUT2D eigenvalue weighted by Crippen LogP contribution is 2.36. The van der Waals surface area contributed by atoms with Gasteiger partial charge >= 0.3 is 5.69 Å². The van der Waals surface area contributed by atoms with E-state index in [2.05, 4.69) is 9.97 Å². The van der Waals surface area contributed by atoms with Crippen LogP contribution in [0.3, 0.4) is 0 Å².